The standard InChI is InChI=1S/C20H27NO4/c22-13-16-9-6-12-21(16)19(23)17-10-4-5-11-18(17)20(24)25-14-15-7-2-1-3-8-15/h1-3,7-8,16-18,22H,4-6,9-14H2. The summed E-state index contributed by atoms with van der Waals surface area (Å²) in [6, 6.07) is 9.52. The van der Waals surface area contributed by atoms with Crippen molar-refractivity contribution in [3.8, 4) is 0 Å². The van der Waals surface area contributed by atoms with Gasteiger partial charge in [-0.3, -0.25) is 9.59 Å². The number of amides is 1. The van der Waals surface area contributed by atoms with Gasteiger partial charge < -0.3 is 14.7 Å². The van der Waals surface area contributed by atoms with Crippen LogP contribution in [-0.4, -0.2) is 41.1 Å². The number of likely N-dealkylation sites (tertiary alicyclic amines) is 1. The molecule has 0 spiro atoms. The predicted molar refractivity (Wildman–Crippen MR) is 93.5 cm³/mol. The van der Waals surface area contributed by atoms with Gasteiger partial charge in [0.2, 0.25) is 5.91 Å². The monoisotopic (exact) mass is 345 g/mol. The Morgan fingerprint density at radius 1 is 1.04 bits per heavy atom. The molecular weight excluding hydrogens is 318 g/mol. The lowest BCUT2D eigenvalue weighted by molar-refractivity contribution is -0.158. The zero-order valence-electron chi connectivity index (χ0n) is 14.6. The van der Waals surface area contributed by atoms with Crippen LogP contribution in [0.15, 0.2) is 30.3 Å². The lowest BCUT2D eigenvalue weighted by atomic mass is 9.78. The zero-order valence-corrected chi connectivity index (χ0v) is 14.6. The molecular formula is C20H27NO4. The molecule has 2 aliphatic rings. The molecule has 136 valence electrons. The third kappa shape index (κ3) is 4.21. The van der Waals surface area contributed by atoms with Crippen LogP contribution >= 0.6 is 0 Å². The third-order valence-corrected chi connectivity index (χ3v) is 5.48. The SMILES string of the molecule is O=C(OCc1ccccc1)C1CCCCC1C(=O)N1CCCC1CO. The zero-order chi connectivity index (χ0) is 17.6. The lowest BCUT2D eigenvalue weighted by Crippen LogP contribution is -2.46. The molecule has 1 aromatic rings. The van der Waals surface area contributed by atoms with Crippen LogP contribution in [0.2, 0.25) is 0 Å². The molecule has 0 aromatic heterocycles. The molecule has 3 atom stereocenters. The molecule has 1 saturated carbocycles. The Morgan fingerprint density at radius 3 is 2.48 bits per heavy atom. The summed E-state index contributed by atoms with van der Waals surface area (Å²) in [5.41, 5.74) is 0.953. The first kappa shape index (κ1) is 17.9. The van der Waals surface area contributed by atoms with Crippen molar-refractivity contribution >= 4 is 11.9 Å². The third-order valence-electron chi connectivity index (χ3n) is 5.48. The Labute approximate surface area is 149 Å². The van der Waals surface area contributed by atoms with Gasteiger partial charge in [0.05, 0.1) is 24.5 Å². The summed E-state index contributed by atoms with van der Waals surface area (Å²) < 4.78 is 5.50. The van der Waals surface area contributed by atoms with Gasteiger partial charge in [-0.05, 0) is 31.2 Å². The molecule has 3 rings (SSSR count). The van der Waals surface area contributed by atoms with Crippen LogP contribution in [-0.2, 0) is 20.9 Å². The van der Waals surface area contributed by atoms with Gasteiger partial charge in [0, 0.05) is 6.54 Å². The van der Waals surface area contributed by atoms with Crippen molar-refractivity contribution in [3.63, 3.8) is 0 Å². The van der Waals surface area contributed by atoms with Gasteiger partial charge in [-0.25, -0.2) is 0 Å². The first-order valence-electron chi connectivity index (χ1n) is 9.32. The van der Waals surface area contributed by atoms with Crippen LogP contribution in [0.4, 0.5) is 0 Å². The van der Waals surface area contributed by atoms with Gasteiger partial charge in [-0.1, -0.05) is 43.2 Å². The van der Waals surface area contributed by atoms with Crippen LogP contribution in [0.5, 0.6) is 0 Å². The number of hydrogen-bond donors (Lipinski definition) is 1. The van der Waals surface area contributed by atoms with E-state index in [1.807, 2.05) is 30.3 Å². The van der Waals surface area contributed by atoms with Gasteiger partial charge in [0.25, 0.3) is 0 Å². The maximum absolute atomic E-state index is 13.0. The second kappa shape index (κ2) is 8.48. The highest BCUT2D eigenvalue weighted by atomic mass is 16.5. The summed E-state index contributed by atoms with van der Waals surface area (Å²) in [6.07, 6.45) is 5.14. The van der Waals surface area contributed by atoms with E-state index in [9.17, 15) is 14.7 Å². The molecule has 1 amide bonds. The van der Waals surface area contributed by atoms with E-state index in [2.05, 4.69) is 0 Å². The lowest BCUT2D eigenvalue weighted by Gasteiger charge is -2.34. The van der Waals surface area contributed by atoms with Crippen molar-refractivity contribution in [3.05, 3.63) is 35.9 Å². The number of carbonyl (C=O) groups is 2. The molecule has 0 radical (unpaired) electrons. The number of aliphatic hydroxyl groups is 1. The fourth-order valence-corrected chi connectivity index (χ4v) is 4.07. The Morgan fingerprint density at radius 2 is 1.76 bits per heavy atom. The van der Waals surface area contributed by atoms with Crippen molar-refractivity contribution in [2.45, 2.75) is 51.2 Å². The van der Waals surface area contributed by atoms with E-state index in [1.54, 1.807) is 4.90 Å². The Bertz CT molecular complexity index is 589. The maximum Gasteiger partial charge on any atom is 0.310 e. The fourth-order valence-electron chi connectivity index (χ4n) is 4.07. The van der Waals surface area contributed by atoms with Gasteiger partial charge >= 0.3 is 5.97 Å². The van der Waals surface area contributed by atoms with E-state index in [0.717, 1.165) is 37.7 Å². The molecule has 0 bridgehead atoms. The maximum atomic E-state index is 13.0. The minimum absolute atomic E-state index is 0.00157. The number of carbonyl (C=O) groups excluding carboxylic acids is 2. The number of ether oxygens (including phenoxy) is 1. The molecule has 25 heavy (non-hydrogen) atoms. The van der Waals surface area contributed by atoms with Crippen molar-refractivity contribution in [1.29, 1.82) is 0 Å². The molecule has 2 fully saturated rings. The Balaban J connectivity index is 1.63. The highest BCUT2D eigenvalue weighted by Gasteiger charge is 2.41. The molecule has 1 aromatic carbocycles. The quantitative estimate of drug-likeness (QED) is 0.833. The number of hydrogen-bond acceptors (Lipinski definition) is 4. The summed E-state index contributed by atoms with van der Waals surface area (Å²) in [5, 5.41) is 9.48. The van der Waals surface area contributed by atoms with Crippen LogP contribution in [0.1, 0.15) is 44.1 Å². The van der Waals surface area contributed by atoms with E-state index in [1.165, 1.54) is 0 Å². The van der Waals surface area contributed by atoms with E-state index in [0.29, 0.717) is 13.0 Å². The van der Waals surface area contributed by atoms with E-state index >= 15 is 0 Å². The Hall–Kier alpha value is -1.88. The topological polar surface area (TPSA) is 66.8 Å². The number of benzene rings is 1. The van der Waals surface area contributed by atoms with E-state index in [4.69, 9.17) is 4.74 Å². The minimum Gasteiger partial charge on any atom is -0.461 e. The summed E-state index contributed by atoms with van der Waals surface area (Å²) in [6.45, 7) is 0.938. The summed E-state index contributed by atoms with van der Waals surface area (Å²) in [5.74, 6) is -0.895. The van der Waals surface area contributed by atoms with Crippen LogP contribution in [0, 0.1) is 11.8 Å². The number of rotatable bonds is 5. The van der Waals surface area contributed by atoms with E-state index < -0.39 is 0 Å². The van der Waals surface area contributed by atoms with Crippen LogP contribution < -0.4 is 0 Å². The molecule has 5 heteroatoms. The molecule has 1 aliphatic heterocycles. The molecule has 1 heterocycles. The predicted octanol–water partition coefficient (Wildman–Crippen LogP) is 2.52. The fraction of sp³-hybridized carbons (Fsp3) is 0.600. The van der Waals surface area contributed by atoms with Crippen molar-refractivity contribution in [2.75, 3.05) is 13.2 Å². The largest absolute Gasteiger partial charge is 0.461 e. The molecule has 3 unspecified atom stereocenters. The average Bonchev–Trinajstić information content (AvgIpc) is 3.15. The minimum atomic E-state index is -0.357. The van der Waals surface area contributed by atoms with Crippen LogP contribution in [0.25, 0.3) is 0 Å². The summed E-state index contributed by atoms with van der Waals surface area (Å²) in [4.78, 5) is 27.4. The highest BCUT2D eigenvalue weighted by Crippen LogP contribution is 2.34. The normalized spacial score (nSPS) is 26.4. The second-order valence-electron chi connectivity index (χ2n) is 7.10. The highest BCUT2D eigenvalue weighted by molar-refractivity contribution is 5.86. The van der Waals surface area contributed by atoms with Crippen molar-refractivity contribution < 1.29 is 19.4 Å². The van der Waals surface area contributed by atoms with Crippen molar-refractivity contribution in [2.24, 2.45) is 11.8 Å². The van der Waals surface area contributed by atoms with Gasteiger partial charge in [0.1, 0.15) is 6.61 Å². The Kier molecular flexibility index (Phi) is 6.08. The van der Waals surface area contributed by atoms with Crippen LogP contribution in [0.3, 0.4) is 0 Å². The van der Waals surface area contributed by atoms with Crippen molar-refractivity contribution in [1.82, 2.24) is 4.90 Å². The molecule has 5 nitrogen and oxygen atoms in total. The number of aliphatic hydroxyl groups excluding tert-OH is 1. The first-order valence-corrected chi connectivity index (χ1v) is 9.32. The average molecular weight is 345 g/mol. The number of esters is 1. The van der Waals surface area contributed by atoms with Gasteiger partial charge in [0.15, 0.2) is 0 Å². The number of nitrogens with zero attached hydrogens (tertiary/aromatic N) is 1. The van der Waals surface area contributed by atoms with Gasteiger partial charge in [-0.15, -0.1) is 0 Å². The summed E-state index contributed by atoms with van der Waals surface area (Å²) >= 11 is 0. The first-order chi connectivity index (χ1) is 12.2. The molecule has 1 aliphatic carbocycles. The van der Waals surface area contributed by atoms with E-state index in [-0.39, 0.29) is 43.0 Å². The summed E-state index contributed by atoms with van der Waals surface area (Å²) in [7, 11) is 0. The molecule has 1 saturated heterocycles. The molecule has 1 N–H and O–H groups in total. The van der Waals surface area contributed by atoms with Gasteiger partial charge in [-0.2, -0.15) is 0 Å². The smallest absolute Gasteiger partial charge is 0.310 e. The second-order valence-corrected chi connectivity index (χ2v) is 7.10.